The Morgan fingerprint density at radius 2 is 1.89 bits per heavy atom. The van der Waals surface area contributed by atoms with Crippen molar-refractivity contribution in [3.63, 3.8) is 0 Å². The topological polar surface area (TPSA) is 119 Å². The van der Waals surface area contributed by atoms with E-state index in [1.54, 1.807) is 31.3 Å². The van der Waals surface area contributed by atoms with E-state index in [1.807, 2.05) is 41.9 Å². The van der Waals surface area contributed by atoms with E-state index in [1.165, 1.54) is 6.20 Å². The number of benzene rings is 2. The molecule has 5 rings (SSSR count). The second kappa shape index (κ2) is 10.7. The van der Waals surface area contributed by atoms with Crippen molar-refractivity contribution in [3.8, 4) is 11.5 Å². The van der Waals surface area contributed by atoms with Crippen molar-refractivity contribution in [2.24, 2.45) is 7.05 Å². The summed E-state index contributed by atoms with van der Waals surface area (Å²) in [7, 11) is 3.47. The molecular weight excluding hydrogens is 472 g/mol. The minimum atomic E-state index is -0.284. The number of hydrogen-bond donors (Lipinski definition) is 3. The number of nitrogens with one attached hydrogen (secondary N) is 3. The van der Waals surface area contributed by atoms with Crippen molar-refractivity contribution < 1.29 is 19.1 Å². The fourth-order valence-corrected chi connectivity index (χ4v) is 4.17. The third-order valence-corrected chi connectivity index (χ3v) is 6.20. The molecule has 1 saturated heterocycles. The quantitative estimate of drug-likeness (QED) is 0.337. The van der Waals surface area contributed by atoms with E-state index < -0.39 is 0 Å². The van der Waals surface area contributed by atoms with Crippen LogP contribution in [0, 0.1) is 0 Å². The van der Waals surface area contributed by atoms with Gasteiger partial charge in [-0.3, -0.25) is 14.6 Å². The maximum Gasteiger partial charge on any atom is 0.269 e. The van der Waals surface area contributed by atoms with Crippen LogP contribution < -0.4 is 20.7 Å². The number of carbonyl (C=O) groups is 2. The molecule has 0 bridgehead atoms. The second-order valence-corrected chi connectivity index (χ2v) is 8.75. The molecule has 2 amide bonds. The molecule has 1 aliphatic heterocycles. The van der Waals surface area contributed by atoms with E-state index in [2.05, 4.69) is 20.9 Å². The minimum Gasteiger partial charge on any atom is -0.457 e. The van der Waals surface area contributed by atoms with Gasteiger partial charge in [0, 0.05) is 56.8 Å². The van der Waals surface area contributed by atoms with Crippen molar-refractivity contribution in [1.82, 2.24) is 25.2 Å². The van der Waals surface area contributed by atoms with Gasteiger partial charge < -0.3 is 30.0 Å². The Bertz CT molecular complexity index is 1430. The molecule has 3 heterocycles. The van der Waals surface area contributed by atoms with Crippen LogP contribution in [0.1, 0.15) is 33.7 Å². The largest absolute Gasteiger partial charge is 0.457 e. The number of nitrogens with zero attached hydrogens (tertiary/aromatic N) is 3. The molecule has 1 unspecified atom stereocenters. The molecule has 1 atom stereocenters. The van der Waals surface area contributed by atoms with Gasteiger partial charge in [-0.25, -0.2) is 4.98 Å². The van der Waals surface area contributed by atoms with Gasteiger partial charge in [-0.15, -0.1) is 0 Å². The molecule has 2 aromatic heterocycles. The number of hydrogen-bond acceptors (Lipinski definition) is 7. The van der Waals surface area contributed by atoms with E-state index >= 15 is 0 Å². The Morgan fingerprint density at radius 3 is 2.65 bits per heavy atom. The van der Waals surface area contributed by atoms with E-state index in [9.17, 15) is 9.59 Å². The SMILES string of the molecule is CNC(=O)c1cc(Oc2ccc3c(c2)nc(Nc2ccc(C(=O)NCC4CCCO4)cc2)n3C)ccn1. The van der Waals surface area contributed by atoms with Gasteiger partial charge >= 0.3 is 0 Å². The lowest BCUT2D eigenvalue weighted by molar-refractivity contribution is 0.0857. The van der Waals surface area contributed by atoms with Crippen molar-refractivity contribution in [2.45, 2.75) is 18.9 Å². The third kappa shape index (κ3) is 5.54. The summed E-state index contributed by atoms with van der Waals surface area (Å²) >= 11 is 0. The monoisotopic (exact) mass is 500 g/mol. The highest BCUT2D eigenvalue weighted by molar-refractivity contribution is 5.94. The van der Waals surface area contributed by atoms with Gasteiger partial charge in [-0.05, 0) is 55.3 Å². The van der Waals surface area contributed by atoms with Gasteiger partial charge in [0.25, 0.3) is 11.8 Å². The third-order valence-electron chi connectivity index (χ3n) is 6.20. The van der Waals surface area contributed by atoms with E-state index in [-0.39, 0.29) is 23.6 Å². The average molecular weight is 501 g/mol. The minimum absolute atomic E-state index is 0.109. The Kier molecular flexibility index (Phi) is 7.00. The first-order valence-electron chi connectivity index (χ1n) is 12.1. The Labute approximate surface area is 214 Å². The number of rotatable bonds is 8. The lowest BCUT2D eigenvalue weighted by atomic mass is 10.2. The highest BCUT2D eigenvalue weighted by atomic mass is 16.5. The molecule has 0 radical (unpaired) electrons. The van der Waals surface area contributed by atoms with Crippen LogP contribution in [-0.2, 0) is 11.8 Å². The molecule has 0 aliphatic carbocycles. The number of aryl methyl sites for hydroxylation is 1. The number of fused-ring (bicyclic) bond motifs is 1. The molecule has 4 aromatic rings. The summed E-state index contributed by atoms with van der Waals surface area (Å²) in [5, 5.41) is 8.79. The maximum atomic E-state index is 12.4. The Hall–Kier alpha value is -4.44. The van der Waals surface area contributed by atoms with Gasteiger partial charge in [-0.2, -0.15) is 0 Å². The van der Waals surface area contributed by atoms with Crippen molar-refractivity contribution in [1.29, 1.82) is 0 Å². The van der Waals surface area contributed by atoms with Gasteiger partial charge in [0.2, 0.25) is 5.95 Å². The van der Waals surface area contributed by atoms with Gasteiger partial charge in [-0.1, -0.05) is 0 Å². The highest BCUT2D eigenvalue weighted by Crippen LogP contribution is 2.28. The summed E-state index contributed by atoms with van der Waals surface area (Å²) in [4.78, 5) is 33.0. The normalized spacial score (nSPS) is 14.9. The summed E-state index contributed by atoms with van der Waals surface area (Å²) in [6.07, 6.45) is 3.66. The zero-order valence-electron chi connectivity index (χ0n) is 20.7. The number of pyridine rings is 1. The smallest absolute Gasteiger partial charge is 0.269 e. The zero-order valence-corrected chi connectivity index (χ0v) is 20.7. The first kappa shape index (κ1) is 24.3. The Balaban J connectivity index is 1.26. The number of imidazole rings is 1. The predicted molar refractivity (Wildman–Crippen MR) is 139 cm³/mol. The maximum absolute atomic E-state index is 12.4. The van der Waals surface area contributed by atoms with Gasteiger partial charge in [0.15, 0.2) is 0 Å². The van der Waals surface area contributed by atoms with Crippen LogP contribution in [0.3, 0.4) is 0 Å². The lowest BCUT2D eigenvalue weighted by Crippen LogP contribution is -2.31. The van der Waals surface area contributed by atoms with Crippen LogP contribution in [0.5, 0.6) is 11.5 Å². The van der Waals surface area contributed by atoms with Crippen LogP contribution >= 0.6 is 0 Å². The fraction of sp³-hybridized carbons (Fsp3) is 0.259. The first-order valence-corrected chi connectivity index (χ1v) is 12.1. The molecule has 0 saturated carbocycles. The number of anilines is 2. The van der Waals surface area contributed by atoms with Gasteiger partial charge in [0.1, 0.15) is 17.2 Å². The molecular formula is C27H28N6O4. The van der Waals surface area contributed by atoms with E-state index in [4.69, 9.17) is 14.5 Å². The fourth-order valence-electron chi connectivity index (χ4n) is 4.17. The number of amides is 2. The molecule has 190 valence electrons. The summed E-state index contributed by atoms with van der Waals surface area (Å²) in [6, 6.07) is 16.1. The van der Waals surface area contributed by atoms with Crippen molar-refractivity contribution in [2.75, 3.05) is 25.5 Å². The summed E-state index contributed by atoms with van der Waals surface area (Å²) in [5.41, 5.74) is 3.33. The summed E-state index contributed by atoms with van der Waals surface area (Å²) in [5.74, 6) is 1.34. The summed E-state index contributed by atoms with van der Waals surface area (Å²) < 4.78 is 13.4. The van der Waals surface area contributed by atoms with E-state index in [0.717, 1.165) is 36.2 Å². The first-order chi connectivity index (χ1) is 18.0. The van der Waals surface area contributed by atoms with Crippen LogP contribution in [-0.4, -0.2) is 52.7 Å². The molecule has 3 N–H and O–H groups in total. The molecule has 0 spiro atoms. The predicted octanol–water partition coefficient (Wildman–Crippen LogP) is 3.77. The Morgan fingerprint density at radius 1 is 1.08 bits per heavy atom. The van der Waals surface area contributed by atoms with E-state index in [0.29, 0.717) is 29.6 Å². The van der Waals surface area contributed by atoms with Crippen molar-refractivity contribution in [3.05, 3.63) is 72.1 Å². The molecule has 1 aliphatic rings. The zero-order chi connectivity index (χ0) is 25.8. The highest BCUT2D eigenvalue weighted by Gasteiger charge is 2.17. The molecule has 10 heteroatoms. The van der Waals surface area contributed by atoms with Crippen LogP contribution in [0.4, 0.5) is 11.6 Å². The second-order valence-electron chi connectivity index (χ2n) is 8.75. The van der Waals surface area contributed by atoms with Crippen LogP contribution in [0.25, 0.3) is 11.0 Å². The average Bonchev–Trinajstić information content (AvgIpc) is 3.55. The molecule has 1 fully saturated rings. The summed E-state index contributed by atoms with van der Waals surface area (Å²) in [6.45, 7) is 1.29. The van der Waals surface area contributed by atoms with Crippen molar-refractivity contribution >= 4 is 34.5 Å². The molecule has 2 aromatic carbocycles. The molecule has 10 nitrogen and oxygen atoms in total. The van der Waals surface area contributed by atoms with Crippen LogP contribution in [0.15, 0.2) is 60.8 Å². The van der Waals surface area contributed by atoms with Crippen LogP contribution in [0.2, 0.25) is 0 Å². The van der Waals surface area contributed by atoms with Gasteiger partial charge in [0.05, 0.1) is 17.1 Å². The number of ether oxygens (including phenoxy) is 2. The number of carbonyl (C=O) groups excluding carboxylic acids is 2. The lowest BCUT2D eigenvalue weighted by Gasteiger charge is -2.11. The standard InChI is InChI=1S/C27H28N6O4/c1-28-26(35)23-15-20(11-12-29-23)37-19-9-10-24-22(14-19)32-27(33(24)2)31-18-7-5-17(6-8-18)25(34)30-16-21-4-3-13-36-21/h5-12,14-15,21H,3-4,13,16H2,1-2H3,(H,28,35)(H,30,34)(H,31,32). The molecule has 37 heavy (non-hydrogen) atoms. The number of aromatic nitrogens is 3.